The van der Waals surface area contributed by atoms with Crippen LogP contribution in [0.3, 0.4) is 0 Å². The number of aromatic amines is 1. The van der Waals surface area contributed by atoms with Gasteiger partial charge in [0, 0.05) is 15.4 Å². The number of nitrogens with zero attached hydrogens (tertiary/aromatic N) is 2. The minimum atomic E-state index is -0.512. The summed E-state index contributed by atoms with van der Waals surface area (Å²) in [5, 5.41) is 7.26. The van der Waals surface area contributed by atoms with Crippen molar-refractivity contribution >= 4 is 38.6 Å². The van der Waals surface area contributed by atoms with E-state index in [9.17, 15) is 9.59 Å². The standard InChI is InChI=1S/C10H4BrN3O2/c11-4-1-2-5-6(3-4)12-8-7(5)9(15)13-14-10(8)16/h1-3,12H. The maximum atomic E-state index is 11.5. The number of fused-ring (bicyclic) bond motifs is 3. The van der Waals surface area contributed by atoms with Crippen LogP contribution in [0.15, 0.2) is 32.9 Å². The third kappa shape index (κ3) is 1.16. The van der Waals surface area contributed by atoms with Crippen molar-refractivity contribution in [3.05, 3.63) is 33.9 Å². The molecule has 1 N–H and O–H groups in total. The van der Waals surface area contributed by atoms with Crippen LogP contribution in [0.1, 0.15) is 20.8 Å². The number of rotatable bonds is 0. The van der Waals surface area contributed by atoms with E-state index < -0.39 is 11.8 Å². The highest BCUT2D eigenvalue weighted by atomic mass is 79.9. The summed E-state index contributed by atoms with van der Waals surface area (Å²) < 4.78 is 0.868. The first kappa shape index (κ1) is 9.41. The van der Waals surface area contributed by atoms with Crippen molar-refractivity contribution in [2.45, 2.75) is 0 Å². The van der Waals surface area contributed by atoms with Crippen LogP contribution in [0.5, 0.6) is 0 Å². The van der Waals surface area contributed by atoms with E-state index in [4.69, 9.17) is 0 Å². The van der Waals surface area contributed by atoms with Crippen LogP contribution in [-0.2, 0) is 0 Å². The molecule has 0 saturated heterocycles. The van der Waals surface area contributed by atoms with Crippen molar-refractivity contribution in [3.63, 3.8) is 0 Å². The van der Waals surface area contributed by atoms with Gasteiger partial charge in [0.05, 0.1) is 5.56 Å². The Bertz CT molecular complexity index is 672. The minimum Gasteiger partial charge on any atom is -0.350 e. The lowest BCUT2D eigenvalue weighted by Gasteiger charge is -1.99. The van der Waals surface area contributed by atoms with Crippen LogP contribution >= 0.6 is 15.9 Å². The van der Waals surface area contributed by atoms with Crippen molar-refractivity contribution < 1.29 is 9.59 Å². The van der Waals surface area contributed by atoms with Gasteiger partial charge in [0.25, 0.3) is 5.91 Å². The second kappa shape index (κ2) is 3.08. The average molecular weight is 278 g/mol. The highest BCUT2D eigenvalue weighted by Gasteiger charge is 2.26. The molecule has 1 aliphatic rings. The van der Waals surface area contributed by atoms with E-state index in [0.29, 0.717) is 16.5 Å². The van der Waals surface area contributed by atoms with E-state index in [1.165, 1.54) is 0 Å². The summed E-state index contributed by atoms with van der Waals surface area (Å²) in [6, 6.07) is 5.37. The monoisotopic (exact) mass is 277 g/mol. The summed E-state index contributed by atoms with van der Waals surface area (Å²) in [5.74, 6) is -0.995. The summed E-state index contributed by atoms with van der Waals surface area (Å²) >= 11 is 3.32. The lowest BCUT2D eigenvalue weighted by molar-refractivity contribution is 0.0919. The molecule has 0 atom stereocenters. The van der Waals surface area contributed by atoms with E-state index in [0.717, 1.165) is 4.47 Å². The number of hydrogen-bond donors (Lipinski definition) is 1. The summed E-state index contributed by atoms with van der Waals surface area (Å²) in [6.07, 6.45) is 0. The van der Waals surface area contributed by atoms with Crippen LogP contribution in [0, 0.1) is 0 Å². The first-order valence-electron chi connectivity index (χ1n) is 4.48. The molecular weight excluding hydrogens is 274 g/mol. The van der Waals surface area contributed by atoms with Crippen LogP contribution in [0.4, 0.5) is 0 Å². The molecule has 0 saturated carbocycles. The maximum Gasteiger partial charge on any atom is 0.312 e. The molecule has 6 heteroatoms. The Balaban J connectivity index is 2.44. The third-order valence-corrected chi connectivity index (χ3v) is 2.91. The highest BCUT2D eigenvalue weighted by molar-refractivity contribution is 9.10. The third-order valence-electron chi connectivity index (χ3n) is 2.42. The van der Waals surface area contributed by atoms with Crippen molar-refractivity contribution in [1.82, 2.24) is 4.98 Å². The van der Waals surface area contributed by atoms with Gasteiger partial charge in [0.1, 0.15) is 5.69 Å². The fourth-order valence-electron chi connectivity index (χ4n) is 1.74. The number of amides is 2. The van der Waals surface area contributed by atoms with Gasteiger partial charge in [0.2, 0.25) is 0 Å². The van der Waals surface area contributed by atoms with Crippen LogP contribution in [0.2, 0.25) is 0 Å². The first-order valence-corrected chi connectivity index (χ1v) is 5.28. The number of aromatic nitrogens is 1. The van der Waals surface area contributed by atoms with Gasteiger partial charge in [-0.2, -0.15) is 0 Å². The summed E-state index contributed by atoms with van der Waals surface area (Å²) in [7, 11) is 0. The highest BCUT2D eigenvalue weighted by Crippen LogP contribution is 2.28. The van der Waals surface area contributed by atoms with E-state index in [-0.39, 0.29) is 5.69 Å². The molecule has 0 unspecified atom stereocenters. The van der Waals surface area contributed by atoms with Crippen molar-refractivity contribution in [3.8, 4) is 0 Å². The van der Waals surface area contributed by atoms with Crippen molar-refractivity contribution in [2.75, 3.05) is 0 Å². The second-order valence-corrected chi connectivity index (χ2v) is 4.29. The Morgan fingerprint density at radius 2 is 1.88 bits per heavy atom. The zero-order valence-corrected chi connectivity index (χ0v) is 9.41. The lowest BCUT2D eigenvalue weighted by Crippen LogP contribution is -2.09. The molecule has 3 rings (SSSR count). The van der Waals surface area contributed by atoms with Gasteiger partial charge in [-0.25, -0.2) is 0 Å². The molecule has 1 aliphatic heterocycles. The van der Waals surface area contributed by atoms with E-state index >= 15 is 0 Å². The van der Waals surface area contributed by atoms with Gasteiger partial charge < -0.3 is 4.98 Å². The average Bonchev–Trinajstić information content (AvgIpc) is 2.63. The molecule has 5 nitrogen and oxygen atoms in total. The molecule has 16 heavy (non-hydrogen) atoms. The number of nitrogens with one attached hydrogen (secondary N) is 1. The van der Waals surface area contributed by atoms with E-state index in [1.54, 1.807) is 18.2 Å². The van der Waals surface area contributed by atoms with Crippen LogP contribution in [-0.4, -0.2) is 16.8 Å². The van der Waals surface area contributed by atoms with Gasteiger partial charge >= 0.3 is 5.91 Å². The van der Waals surface area contributed by atoms with Gasteiger partial charge in [-0.3, -0.25) is 9.59 Å². The topological polar surface area (TPSA) is 74.7 Å². The number of hydrogen-bond acceptors (Lipinski definition) is 2. The predicted molar refractivity (Wildman–Crippen MR) is 59.5 cm³/mol. The maximum absolute atomic E-state index is 11.5. The Hall–Kier alpha value is -1.82. The molecule has 0 radical (unpaired) electrons. The zero-order chi connectivity index (χ0) is 11.3. The summed E-state index contributed by atoms with van der Waals surface area (Å²) in [6.45, 7) is 0. The number of carbonyl (C=O) groups is 2. The molecule has 78 valence electrons. The molecule has 2 aromatic rings. The molecule has 1 aromatic carbocycles. The quantitative estimate of drug-likeness (QED) is 0.804. The fraction of sp³-hybridized carbons (Fsp3) is 0. The predicted octanol–water partition coefficient (Wildman–Crippen LogP) is 2.68. The molecule has 0 fully saturated rings. The van der Waals surface area contributed by atoms with Gasteiger partial charge in [-0.1, -0.05) is 22.0 Å². The second-order valence-electron chi connectivity index (χ2n) is 3.38. The van der Waals surface area contributed by atoms with E-state index in [1.807, 2.05) is 0 Å². The molecule has 1 aromatic heterocycles. The minimum absolute atomic E-state index is 0.216. The Morgan fingerprint density at radius 3 is 2.69 bits per heavy atom. The smallest absolute Gasteiger partial charge is 0.312 e. The van der Waals surface area contributed by atoms with Crippen LogP contribution in [0.25, 0.3) is 10.9 Å². The lowest BCUT2D eigenvalue weighted by atomic mass is 10.1. The van der Waals surface area contributed by atoms with Crippen molar-refractivity contribution in [2.24, 2.45) is 10.2 Å². The van der Waals surface area contributed by atoms with E-state index in [2.05, 4.69) is 31.1 Å². The first-order chi connectivity index (χ1) is 7.66. The largest absolute Gasteiger partial charge is 0.350 e. The van der Waals surface area contributed by atoms with Gasteiger partial charge in [0.15, 0.2) is 0 Å². The van der Waals surface area contributed by atoms with Gasteiger partial charge in [-0.15, -0.1) is 10.2 Å². The Morgan fingerprint density at radius 1 is 1.12 bits per heavy atom. The van der Waals surface area contributed by atoms with Crippen LogP contribution < -0.4 is 0 Å². The number of azo groups is 1. The number of halogens is 1. The normalized spacial score (nSPS) is 14.6. The SMILES string of the molecule is O=C1N=NC(=O)c2c1[nH]c1cc(Br)ccc21. The number of benzene rings is 1. The summed E-state index contributed by atoms with van der Waals surface area (Å²) in [4.78, 5) is 25.9. The molecule has 2 amide bonds. The molecular formula is C10H4BrN3O2. The molecule has 0 aliphatic carbocycles. The number of H-pyrrole nitrogens is 1. The van der Waals surface area contributed by atoms with Gasteiger partial charge in [-0.05, 0) is 12.1 Å². The van der Waals surface area contributed by atoms with Crippen molar-refractivity contribution in [1.29, 1.82) is 0 Å². The number of carbonyl (C=O) groups excluding carboxylic acids is 2. The molecule has 2 heterocycles. The Labute approximate surface area is 97.7 Å². The Kier molecular flexibility index (Phi) is 1.81. The summed E-state index contributed by atoms with van der Waals surface area (Å²) in [5.41, 5.74) is 1.24. The zero-order valence-electron chi connectivity index (χ0n) is 7.82. The molecule has 0 bridgehead atoms. The molecule has 0 spiro atoms. The fourth-order valence-corrected chi connectivity index (χ4v) is 2.10.